The summed E-state index contributed by atoms with van der Waals surface area (Å²) >= 11 is 0. The molecule has 0 spiro atoms. The van der Waals surface area contributed by atoms with Crippen molar-refractivity contribution < 1.29 is 4.79 Å². The first-order valence-electron chi connectivity index (χ1n) is 9.40. The van der Waals surface area contributed by atoms with E-state index in [1.54, 1.807) is 0 Å². The summed E-state index contributed by atoms with van der Waals surface area (Å²) in [5.41, 5.74) is 6.26. The van der Waals surface area contributed by atoms with Gasteiger partial charge in [-0.15, -0.1) is 0 Å². The van der Waals surface area contributed by atoms with Crippen LogP contribution in [0.25, 0.3) is 0 Å². The molecule has 0 bridgehead atoms. The fourth-order valence-electron chi connectivity index (χ4n) is 3.52. The van der Waals surface area contributed by atoms with Gasteiger partial charge in [0.1, 0.15) is 6.29 Å². The molecule has 0 saturated carbocycles. The van der Waals surface area contributed by atoms with Crippen LogP contribution in [0.3, 0.4) is 0 Å². The van der Waals surface area contributed by atoms with Crippen molar-refractivity contribution in [2.24, 2.45) is 5.10 Å². The number of hydrogen-bond donors (Lipinski definition) is 0. The molecule has 28 heavy (non-hydrogen) atoms. The summed E-state index contributed by atoms with van der Waals surface area (Å²) in [6.45, 7) is 0. The van der Waals surface area contributed by atoms with E-state index in [-0.39, 0.29) is 6.04 Å². The van der Waals surface area contributed by atoms with Crippen LogP contribution in [-0.2, 0) is 0 Å². The first kappa shape index (κ1) is 18.0. The Kier molecular flexibility index (Phi) is 4.94. The van der Waals surface area contributed by atoms with E-state index in [1.165, 1.54) is 11.3 Å². The van der Waals surface area contributed by atoms with Crippen LogP contribution in [0.1, 0.15) is 33.9 Å². The minimum Gasteiger partial charge on any atom is -0.378 e. The van der Waals surface area contributed by atoms with Crippen molar-refractivity contribution in [3.8, 4) is 0 Å². The second-order valence-corrected chi connectivity index (χ2v) is 7.17. The average molecular weight is 369 g/mol. The molecule has 3 aromatic carbocycles. The summed E-state index contributed by atoms with van der Waals surface area (Å²) < 4.78 is 0. The molecule has 1 atom stereocenters. The predicted molar refractivity (Wildman–Crippen MR) is 115 cm³/mol. The minimum absolute atomic E-state index is 0.131. The van der Waals surface area contributed by atoms with E-state index in [0.29, 0.717) is 5.56 Å². The zero-order chi connectivity index (χ0) is 19.5. The number of rotatable bonds is 5. The maximum absolute atomic E-state index is 11.0. The highest BCUT2D eigenvalue weighted by Crippen LogP contribution is 2.36. The number of hydrazone groups is 1. The number of carbonyl (C=O) groups excluding carboxylic acids is 1. The molecule has 3 aromatic rings. The van der Waals surface area contributed by atoms with E-state index >= 15 is 0 Å². The zero-order valence-corrected chi connectivity index (χ0v) is 16.1. The molecule has 0 saturated heterocycles. The van der Waals surface area contributed by atoms with Gasteiger partial charge in [0.05, 0.1) is 17.4 Å². The Balaban J connectivity index is 1.70. The monoisotopic (exact) mass is 369 g/mol. The molecule has 0 N–H and O–H groups in total. The Morgan fingerprint density at radius 3 is 2.21 bits per heavy atom. The van der Waals surface area contributed by atoms with Crippen molar-refractivity contribution in [3.63, 3.8) is 0 Å². The fourth-order valence-corrected chi connectivity index (χ4v) is 3.52. The molecule has 4 nitrogen and oxygen atoms in total. The largest absolute Gasteiger partial charge is 0.378 e. The second kappa shape index (κ2) is 7.69. The van der Waals surface area contributed by atoms with Gasteiger partial charge < -0.3 is 4.90 Å². The molecule has 1 heterocycles. The van der Waals surface area contributed by atoms with Gasteiger partial charge in [-0.05, 0) is 47.5 Å². The lowest BCUT2D eigenvalue weighted by Crippen LogP contribution is -2.18. The van der Waals surface area contributed by atoms with E-state index in [0.717, 1.165) is 29.7 Å². The Labute approximate surface area is 165 Å². The lowest BCUT2D eigenvalue weighted by atomic mass is 9.98. The van der Waals surface area contributed by atoms with Gasteiger partial charge in [0, 0.05) is 31.8 Å². The molecule has 0 fully saturated rings. The van der Waals surface area contributed by atoms with Gasteiger partial charge in [0.2, 0.25) is 0 Å². The van der Waals surface area contributed by atoms with E-state index in [2.05, 4.69) is 58.4 Å². The van der Waals surface area contributed by atoms with Crippen LogP contribution >= 0.6 is 0 Å². The van der Waals surface area contributed by atoms with Gasteiger partial charge in [-0.3, -0.25) is 9.80 Å². The third-order valence-electron chi connectivity index (χ3n) is 5.11. The van der Waals surface area contributed by atoms with Crippen LogP contribution in [-0.4, -0.2) is 26.1 Å². The van der Waals surface area contributed by atoms with E-state index in [1.807, 2.05) is 44.4 Å². The number of benzene rings is 3. The molecule has 1 aliphatic rings. The molecule has 0 unspecified atom stereocenters. The van der Waals surface area contributed by atoms with Gasteiger partial charge in [0.25, 0.3) is 0 Å². The maximum atomic E-state index is 11.0. The molecule has 1 aliphatic heterocycles. The van der Waals surface area contributed by atoms with Gasteiger partial charge in [-0.25, -0.2) is 0 Å². The fraction of sp³-hybridized carbons (Fsp3) is 0.167. The SMILES string of the molecule is CN(C)c1ccc(C2=NN(c3ccc(C=O)cc3)[C@@H](c3ccccc3)C2)cc1. The summed E-state index contributed by atoms with van der Waals surface area (Å²) in [6.07, 6.45) is 1.70. The van der Waals surface area contributed by atoms with Gasteiger partial charge >= 0.3 is 0 Å². The first-order chi connectivity index (χ1) is 13.7. The van der Waals surface area contributed by atoms with Crippen LogP contribution in [0.5, 0.6) is 0 Å². The number of anilines is 2. The van der Waals surface area contributed by atoms with Gasteiger partial charge in [-0.2, -0.15) is 5.10 Å². The smallest absolute Gasteiger partial charge is 0.150 e. The van der Waals surface area contributed by atoms with Crippen LogP contribution in [0, 0.1) is 0 Å². The van der Waals surface area contributed by atoms with Crippen molar-refractivity contribution >= 4 is 23.4 Å². The van der Waals surface area contributed by atoms with E-state index in [9.17, 15) is 4.79 Å². The lowest BCUT2D eigenvalue weighted by molar-refractivity contribution is 0.112. The molecular weight excluding hydrogens is 346 g/mol. The van der Waals surface area contributed by atoms with Crippen molar-refractivity contribution in [2.45, 2.75) is 12.5 Å². The summed E-state index contributed by atoms with van der Waals surface area (Å²) in [5.74, 6) is 0. The quantitative estimate of drug-likeness (QED) is 0.599. The third-order valence-corrected chi connectivity index (χ3v) is 5.11. The highest BCUT2D eigenvalue weighted by Gasteiger charge is 2.29. The predicted octanol–water partition coefficient (Wildman–Crippen LogP) is 4.92. The summed E-state index contributed by atoms with van der Waals surface area (Å²) in [6, 6.07) is 26.7. The van der Waals surface area contributed by atoms with Crippen LogP contribution in [0.4, 0.5) is 11.4 Å². The number of nitrogens with zero attached hydrogens (tertiary/aromatic N) is 3. The van der Waals surface area contributed by atoms with E-state index < -0.39 is 0 Å². The minimum atomic E-state index is 0.131. The van der Waals surface area contributed by atoms with Crippen molar-refractivity contribution in [1.29, 1.82) is 0 Å². The third kappa shape index (κ3) is 3.54. The molecule has 0 radical (unpaired) electrons. The van der Waals surface area contributed by atoms with E-state index in [4.69, 9.17) is 5.10 Å². The summed E-state index contributed by atoms with van der Waals surface area (Å²) in [4.78, 5) is 13.1. The van der Waals surface area contributed by atoms with Crippen LogP contribution < -0.4 is 9.91 Å². The Morgan fingerprint density at radius 2 is 1.61 bits per heavy atom. The van der Waals surface area contributed by atoms with Crippen LogP contribution in [0.15, 0.2) is 84.0 Å². The lowest BCUT2D eigenvalue weighted by Gasteiger charge is -2.24. The van der Waals surface area contributed by atoms with Crippen molar-refractivity contribution in [3.05, 3.63) is 95.6 Å². The first-order valence-corrected chi connectivity index (χ1v) is 9.40. The summed E-state index contributed by atoms with van der Waals surface area (Å²) in [7, 11) is 4.08. The van der Waals surface area contributed by atoms with Gasteiger partial charge in [0.15, 0.2) is 0 Å². The molecule has 0 aliphatic carbocycles. The molecule has 0 amide bonds. The number of aldehydes is 1. The van der Waals surface area contributed by atoms with Crippen molar-refractivity contribution in [2.75, 3.05) is 24.0 Å². The Morgan fingerprint density at radius 1 is 0.929 bits per heavy atom. The molecule has 4 rings (SSSR count). The number of carbonyl (C=O) groups is 1. The molecule has 4 heteroatoms. The average Bonchev–Trinajstić information content (AvgIpc) is 3.20. The highest BCUT2D eigenvalue weighted by molar-refractivity contribution is 6.03. The zero-order valence-electron chi connectivity index (χ0n) is 16.1. The van der Waals surface area contributed by atoms with Crippen molar-refractivity contribution in [1.82, 2.24) is 0 Å². The maximum Gasteiger partial charge on any atom is 0.150 e. The summed E-state index contributed by atoms with van der Waals surface area (Å²) in [5, 5.41) is 7.03. The van der Waals surface area contributed by atoms with Gasteiger partial charge in [-0.1, -0.05) is 42.5 Å². The number of hydrogen-bond acceptors (Lipinski definition) is 4. The standard InChI is InChI=1S/C24H23N3O/c1-26(2)21-14-10-19(11-15-21)23-16-24(20-6-4-3-5-7-20)27(25-23)22-12-8-18(17-28)9-13-22/h3-15,17,24H,16H2,1-2H3/t24-/m1/s1. The topological polar surface area (TPSA) is 35.9 Å². The molecule has 0 aromatic heterocycles. The Hall–Kier alpha value is -3.40. The van der Waals surface area contributed by atoms with Crippen LogP contribution in [0.2, 0.25) is 0 Å². The molecular formula is C24H23N3O. The Bertz CT molecular complexity index is 977. The molecule has 140 valence electrons. The normalized spacial score (nSPS) is 16.0. The second-order valence-electron chi connectivity index (χ2n) is 7.17. The highest BCUT2D eigenvalue weighted by atomic mass is 16.1.